The van der Waals surface area contributed by atoms with Gasteiger partial charge in [-0.25, -0.2) is 9.97 Å². The van der Waals surface area contributed by atoms with E-state index in [0.29, 0.717) is 0 Å². The Morgan fingerprint density at radius 2 is 1.45 bits per heavy atom. The summed E-state index contributed by atoms with van der Waals surface area (Å²) in [6, 6.07) is 7.80. The van der Waals surface area contributed by atoms with Crippen LogP contribution in [-0.2, 0) is 0 Å². The summed E-state index contributed by atoms with van der Waals surface area (Å²) in [5.41, 5.74) is 0.810. The van der Waals surface area contributed by atoms with E-state index in [0.717, 1.165) is 11.0 Å². The monoisotopic (exact) mass is 148 g/mol. The first kappa shape index (κ1) is 7.63. The van der Waals surface area contributed by atoms with Gasteiger partial charge in [-0.2, -0.15) is 0 Å². The van der Waals surface area contributed by atoms with Crippen LogP contribution >= 0.6 is 0 Å². The minimum Gasteiger partial charge on any atom is -0.412 e. The van der Waals surface area contributed by atoms with Crippen molar-refractivity contribution in [1.82, 2.24) is 9.97 Å². The van der Waals surface area contributed by atoms with Gasteiger partial charge >= 0.3 is 0 Å². The Morgan fingerprint density at radius 1 is 0.909 bits per heavy atom. The van der Waals surface area contributed by atoms with Crippen LogP contribution in [0.15, 0.2) is 36.7 Å². The highest BCUT2D eigenvalue weighted by Crippen LogP contribution is 2.04. The molecule has 0 aliphatic carbocycles. The van der Waals surface area contributed by atoms with E-state index in [-0.39, 0.29) is 5.48 Å². The Labute approximate surface area is 64.0 Å². The molecule has 0 bridgehead atoms. The van der Waals surface area contributed by atoms with Gasteiger partial charge in [0, 0.05) is 17.8 Å². The third-order valence-corrected chi connectivity index (χ3v) is 1.38. The summed E-state index contributed by atoms with van der Waals surface area (Å²) in [6.07, 6.45) is 3.49. The quantitative estimate of drug-likeness (QED) is 0.555. The van der Waals surface area contributed by atoms with Crippen LogP contribution in [0.5, 0.6) is 0 Å². The minimum absolute atomic E-state index is 0. The zero-order valence-corrected chi connectivity index (χ0v) is 5.86. The van der Waals surface area contributed by atoms with Crippen LogP contribution in [0, 0.1) is 0 Å². The highest BCUT2D eigenvalue weighted by atomic mass is 16.0. The smallest absolute Gasteiger partial charge is 0.159 e. The van der Waals surface area contributed by atoms with Gasteiger partial charge < -0.3 is 5.48 Å². The fourth-order valence-electron chi connectivity index (χ4n) is 0.908. The molecule has 3 heteroatoms. The molecule has 0 atom stereocenters. The lowest BCUT2D eigenvalue weighted by molar-refractivity contribution is 0.824. The second-order valence-corrected chi connectivity index (χ2v) is 2.05. The van der Waals surface area contributed by atoms with E-state index in [2.05, 4.69) is 9.97 Å². The van der Waals surface area contributed by atoms with Crippen molar-refractivity contribution in [2.45, 2.75) is 0 Å². The van der Waals surface area contributed by atoms with Gasteiger partial charge in [-0.05, 0) is 24.3 Å². The zero-order valence-electron chi connectivity index (χ0n) is 5.86. The Bertz CT molecular complexity index is 283. The van der Waals surface area contributed by atoms with Crippen molar-refractivity contribution >= 4 is 11.0 Å². The summed E-state index contributed by atoms with van der Waals surface area (Å²) in [5.74, 6) is 0. The molecule has 0 radical (unpaired) electrons. The fourth-order valence-corrected chi connectivity index (χ4v) is 0.908. The zero-order chi connectivity index (χ0) is 6.81. The normalized spacial score (nSPS) is 9.09. The van der Waals surface area contributed by atoms with Crippen LogP contribution in [0.2, 0.25) is 0 Å². The van der Waals surface area contributed by atoms with Crippen LogP contribution in [0.4, 0.5) is 0 Å². The Kier molecular flexibility index (Phi) is 2.13. The van der Waals surface area contributed by atoms with Crippen molar-refractivity contribution in [1.29, 1.82) is 0 Å². The Balaban J connectivity index is 0.000000605. The second kappa shape index (κ2) is 3.07. The molecule has 0 unspecified atom stereocenters. The molecule has 0 aliphatic rings. The Morgan fingerprint density at radius 3 is 1.91 bits per heavy atom. The lowest BCUT2D eigenvalue weighted by Gasteiger charge is -1.90. The van der Waals surface area contributed by atoms with E-state index in [1.165, 1.54) is 0 Å². The van der Waals surface area contributed by atoms with Crippen molar-refractivity contribution in [2.75, 3.05) is 0 Å². The summed E-state index contributed by atoms with van der Waals surface area (Å²) in [6.45, 7) is 0. The van der Waals surface area contributed by atoms with Crippen LogP contribution in [0.25, 0.3) is 11.0 Å². The van der Waals surface area contributed by atoms with Gasteiger partial charge in [0.1, 0.15) is 0 Å². The number of rotatable bonds is 0. The second-order valence-electron chi connectivity index (χ2n) is 2.05. The lowest BCUT2D eigenvalue weighted by Crippen LogP contribution is -1.78. The Hall–Kier alpha value is -1.48. The molecule has 0 amide bonds. The molecule has 2 heterocycles. The van der Waals surface area contributed by atoms with E-state index in [9.17, 15) is 0 Å². The number of hydrogen-bond acceptors (Lipinski definition) is 2. The van der Waals surface area contributed by atoms with Gasteiger partial charge in [0.25, 0.3) is 0 Å². The molecule has 0 aliphatic heterocycles. The molecule has 11 heavy (non-hydrogen) atoms. The maximum atomic E-state index is 4.07. The molecule has 0 saturated carbocycles. The number of aromatic nitrogens is 2. The van der Waals surface area contributed by atoms with Gasteiger partial charge in [0.05, 0.1) is 0 Å². The predicted molar refractivity (Wildman–Crippen MR) is 43.2 cm³/mol. The molecule has 0 aromatic carbocycles. The molecule has 2 N–H and O–H groups in total. The lowest BCUT2D eigenvalue weighted by atomic mass is 10.3. The van der Waals surface area contributed by atoms with Gasteiger partial charge in [0.2, 0.25) is 0 Å². The average Bonchev–Trinajstić information content (AvgIpc) is 2.05. The van der Waals surface area contributed by atoms with Gasteiger partial charge in [-0.1, -0.05) is 0 Å². The van der Waals surface area contributed by atoms with E-state index >= 15 is 0 Å². The molecule has 2 aromatic rings. The van der Waals surface area contributed by atoms with E-state index in [4.69, 9.17) is 0 Å². The summed E-state index contributed by atoms with van der Waals surface area (Å²) in [5, 5.41) is 1.09. The number of fused-ring (bicyclic) bond motifs is 1. The third kappa shape index (κ3) is 1.33. The van der Waals surface area contributed by atoms with Crippen LogP contribution in [0.1, 0.15) is 0 Å². The molecular formula is C8H8N2O. The number of pyridine rings is 2. The highest BCUT2D eigenvalue weighted by Gasteiger charge is 1.88. The third-order valence-electron chi connectivity index (χ3n) is 1.38. The van der Waals surface area contributed by atoms with Crippen molar-refractivity contribution < 1.29 is 5.48 Å². The largest absolute Gasteiger partial charge is 0.412 e. The standard InChI is InChI=1S/C8H6N2.H2O/c1-3-7-4-2-6-10-8(7)9-5-1;/h1-6H;1H2. The molecule has 3 nitrogen and oxygen atoms in total. The first-order valence-electron chi connectivity index (χ1n) is 3.12. The van der Waals surface area contributed by atoms with E-state index in [1.54, 1.807) is 12.4 Å². The average molecular weight is 148 g/mol. The number of hydrogen-bond donors (Lipinski definition) is 0. The van der Waals surface area contributed by atoms with E-state index < -0.39 is 0 Å². The SMILES string of the molecule is O.c1cnc2ncccc2c1. The van der Waals surface area contributed by atoms with Crippen molar-refractivity contribution in [3.8, 4) is 0 Å². The summed E-state index contributed by atoms with van der Waals surface area (Å²) in [4.78, 5) is 8.14. The fraction of sp³-hybridized carbons (Fsp3) is 0. The van der Waals surface area contributed by atoms with Crippen molar-refractivity contribution in [3.63, 3.8) is 0 Å². The molecular weight excluding hydrogens is 140 g/mol. The topological polar surface area (TPSA) is 57.3 Å². The maximum Gasteiger partial charge on any atom is 0.159 e. The van der Waals surface area contributed by atoms with Crippen LogP contribution < -0.4 is 0 Å². The van der Waals surface area contributed by atoms with Gasteiger partial charge in [0.15, 0.2) is 5.65 Å². The molecule has 0 fully saturated rings. The predicted octanol–water partition coefficient (Wildman–Crippen LogP) is 0.805. The maximum absolute atomic E-state index is 4.07. The summed E-state index contributed by atoms with van der Waals surface area (Å²) >= 11 is 0. The minimum atomic E-state index is 0. The van der Waals surface area contributed by atoms with Crippen molar-refractivity contribution in [2.24, 2.45) is 0 Å². The first-order valence-corrected chi connectivity index (χ1v) is 3.12. The molecule has 2 rings (SSSR count). The van der Waals surface area contributed by atoms with Crippen LogP contribution in [-0.4, -0.2) is 15.4 Å². The first-order chi connectivity index (χ1) is 4.97. The molecule has 2 aromatic heterocycles. The highest BCUT2D eigenvalue weighted by molar-refractivity contribution is 5.73. The number of nitrogens with zero attached hydrogens (tertiary/aromatic N) is 2. The molecule has 0 spiro atoms. The summed E-state index contributed by atoms with van der Waals surface area (Å²) < 4.78 is 0. The molecule has 56 valence electrons. The molecule has 0 saturated heterocycles. The van der Waals surface area contributed by atoms with Crippen LogP contribution in [0.3, 0.4) is 0 Å². The summed E-state index contributed by atoms with van der Waals surface area (Å²) in [7, 11) is 0. The van der Waals surface area contributed by atoms with Crippen molar-refractivity contribution in [3.05, 3.63) is 36.7 Å². The van der Waals surface area contributed by atoms with Gasteiger partial charge in [-0.15, -0.1) is 0 Å². The van der Waals surface area contributed by atoms with E-state index in [1.807, 2.05) is 24.3 Å². The van der Waals surface area contributed by atoms with Gasteiger partial charge in [-0.3, -0.25) is 0 Å².